The molecule has 1 N–H and O–H groups in total. The van der Waals surface area contributed by atoms with Gasteiger partial charge in [0.2, 0.25) is 5.76 Å². The number of rotatable bonds is 8. The topological polar surface area (TPSA) is 67.6 Å². The standard InChI is InChI=1S/C26H27F2N3O3/c1-17(30-25(32)24-12-29-16-34-24)19-4-2-18(3-5-19)13-31-9-8-20-10-23(7-6-21(20)14-31)33-15-22-11-26(22,27)28/h2-7,10,12,16-17,22H,8-9,11,13-15H2,1H3,(H,30,32)/t17-,22?/m0/s1. The van der Waals surface area contributed by atoms with Crippen molar-refractivity contribution < 1.29 is 22.7 Å². The zero-order valence-electron chi connectivity index (χ0n) is 19.0. The lowest BCUT2D eigenvalue weighted by Gasteiger charge is -2.29. The third-order valence-electron chi connectivity index (χ3n) is 6.57. The van der Waals surface area contributed by atoms with Gasteiger partial charge >= 0.3 is 0 Å². The Morgan fingerprint density at radius 2 is 2.06 bits per heavy atom. The van der Waals surface area contributed by atoms with Crippen molar-refractivity contribution in [2.75, 3.05) is 13.2 Å². The van der Waals surface area contributed by atoms with Crippen LogP contribution in [0.5, 0.6) is 5.75 Å². The number of oxazole rings is 1. The highest BCUT2D eigenvalue weighted by molar-refractivity contribution is 5.91. The lowest BCUT2D eigenvalue weighted by atomic mass is 9.98. The minimum absolute atomic E-state index is 0.0654. The SMILES string of the molecule is C[C@H](NC(=O)c1cnco1)c1ccc(CN2CCc3cc(OCC4CC4(F)F)ccc3C2)cc1. The summed E-state index contributed by atoms with van der Waals surface area (Å²) in [4.78, 5) is 18.3. The van der Waals surface area contributed by atoms with Crippen LogP contribution in [0.2, 0.25) is 0 Å². The first-order valence-electron chi connectivity index (χ1n) is 11.5. The van der Waals surface area contributed by atoms with Gasteiger partial charge in [0.05, 0.1) is 24.8 Å². The average molecular weight is 468 g/mol. The van der Waals surface area contributed by atoms with E-state index in [1.165, 1.54) is 29.3 Å². The molecule has 1 amide bonds. The molecule has 1 unspecified atom stereocenters. The molecular formula is C26H27F2N3O3. The Labute approximate surface area is 196 Å². The van der Waals surface area contributed by atoms with Crippen molar-refractivity contribution in [1.82, 2.24) is 15.2 Å². The number of alkyl halides is 2. The van der Waals surface area contributed by atoms with Crippen molar-refractivity contribution >= 4 is 5.91 Å². The molecule has 34 heavy (non-hydrogen) atoms. The molecule has 2 aliphatic rings. The van der Waals surface area contributed by atoms with Gasteiger partial charge in [0.15, 0.2) is 6.39 Å². The normalized spacial score (nSPS) is 19.8. The summed E-state index contributed by atoms with van der Waals surface area (Å²) in [6, 6.07) is 14.0. The molecule has 178 valence electrons. The second-order valence-electron chi connectivity index (χ2n) is 9.17. The Balaban J connectivity index is 1.13. The maximum absolute atomic E-state index is 13.1. The summed E-state index contributed by atoms with van der Waals surface area (Å²) in [7, 11) is 0. The van der Waals surface area contributed by atoms with Crippen molar-refractivity contribution in [1.29, 1.82) is 0 Å². The van der Waals surface area contributed by atoms with Crippen LogP contribution in [0.25, 0.3) is 0 Å². The monoisotopic (exact) mass is 467 g/mol. The molecule has 2 atom stereocenters. The number of fused-ring (bicyclic) bond motifs is 1. The maximum Gasteiger partial charge on any atom is 0.289 e. The fourth-order valence-electron chi connectivity index (χ4n) is 4.31. The van der Waals surface area contributed by atoms with E-state index in [1.807, 2.05) is 37.3 Å². The van der Waals surface area contributed by atoms with Crippen LogP contribution in [-0.2, 0) is 19.5 Å². The van der Waals surface area contributed by atoms with Gasteiger partial charge in [-0.15, -0.1) is 0 Å². The molecule has 5 rings (SSSR count). The molecule has 1 saturated carbocycles. The van der Waals surface area contributed by atoms with Gasteiger partial charge in [0.1, 0.15) is 5.75 Å². The summed E-state index contributed by atoms with van der Waals surface area (Å²) in [5.41, 5.74) is 4.68. The van der Waals surface area contributed by atoms with Crippen LogP contribution < -0.4 is 10.1 Å². The van der Waals surface area contributed by atoms with E-state index in [0.717, 1.165) is 31.6 Å². The molecule has 1 aliphatic carbocycles. The summed E-state index contributed by atoms with van der Waals surface area (Å²) in [5, 5.41) is 2.91. The van der Waals surface area contributed by atoms with Gasteiger partial charge < -0.3 is 14.5 Å². The first-order valence-corrected chi connectivity index (χ1v) is 11.5. The third-order valence-corrected chi connectivity index (χ3v) is 6.57. The average Bonchev–Trinajstić information content (AvgIpc) is 3.19. The Kier molecular flexibility index (Phi) is 6.08. The number of benzene rings is 2. The zero-order chi connectivity index (χ0) is 23.7. The lowest BCUT2D eigenvalue weighted by molar-refractivity contribution is 0.0855. The summed E-state index contributed by atoms with van der Waals surface area (Å²) in [6.07, 6.45) is 3.46. The molecule has 6 nitrogen and oxygen atoms in total. The number of hydrogen-bond acceptors (Lipinski definition) is 5. The molecule has 1 aliphatic heterocycles. The van der Waals surface area contributed by atoms with E-state index in [4.69, 9.17) is 9.15 Å². The molecule has 0 radical (unpaired) electrons. The minimum Gasteiger partial charge on any atom is -0.493 e. The molecule has 1 fully saturated rings. The number of ether oxygens (including phenoxy) is 1. The van der Waals surface area contributed by atoms with Crippen LogP contribution in [0.15, 0.2) is 59.5 Å². The van der Waals surface area contributed by atoms with E-state index < -0.39 is 11.8 Å². The number of aromatic nitrogens is 1. The second kappa shape index (κ2) is 9.18. The lowest BCUT2D eigenvalue weighted by Crippen LogP contribution is -2.30. The van der Waals surface area contributed by atoms with Crippen molar-refractivity contribution in [2.45, 2.75) is 44.8 Å². The molecule has 8 heteroatoms. The van der Waals surface area contributed by atoms with Crippen LogP contribution in [-0.4, -0.2) is 34.9 Å². The number of carbonyl (C=O) groups is 1. The highest BCUT2D eigenvalue weighted by Crippen LogP contribution is 2.48. The first-order chi connectivity index (χ1) is 16.4. The summed E-state index contributed by atoms with van der Waals surface area (Å²) in [6.45, 7) is 4.59. The second-order valence-corrected chi connectivity index (χ2v) is 9.17. The molecule has 0 saturated heterocycles. The predicted octanol–water partition coefficient (Wildman–Crippen LogP) is 4.76. The van der Waals surface area contributed by atoms with Gasteiger partial charge in [0.25, 0.3) is 11.8 Å². The van der Waals surface area contributed by atoms with Crippen molar-refractivity contribution in [3.8, 4) is 5.75 Å². The van der Waals surface area contributed by atoms with Crippen LogP contribution >= 0.6 is 0 Å². The van der Waals surface area contributed by atoms with Crippen LogP contribution in [0.3, 0.4) is 0 Å². The highest BCUT2D eigenvalue weighted by Gasteiger charge is 2.57. The number of nitrogens with one attached hydrogen (secondary N) is 1. The highest BCUT2D eigenvalue weighted by atomic mass is 19.3. The number of amides is 1. The minimum atomic E-state index is -2.55. The quantitative estimate of drug-likeness (QED) is 0.518. The van der Waals surface area contributed by atoms with E-state index in [1.54, 1.807) is 0 Å². The molecule has 1 aromatic heterocycles. The Morgan fingerprint density at radius 1 is 1.26 bits per heavy atom. The largest absolute Gasteiger partial charge is 0.493 e. The smallest absolute Gasteiger partial charge is 0.289 e. The molecule has 3 aromatic rings. The molecule has 2 aromatic carbocycles. The van der Waals surface area contributed by atoms with Gasteiger partial charge in [-0.3, -0.25) is 9.69 Å². The summed E-state index contributed by atoms with van der Waals surface area (Å²) >= 11 is 0. The van der Waals surface area contributed by atoms with Crippen LogP contribution in [0.1, 0.15) is 52.2 Å². The molecular weight excluding hydrogens is 440 g/mol. The van der Waals surface area contributed by atoms with Crippen molar-refractivity contribution in [3.63, 3.8) is 0 Å². The molecule has 0 bridgehead atoms. The van der Waals surface area contributed by atoms with Gasteiger partial charge in [0, 0.05) is 26.1 Å². The Hall–Kier alpha value is -3.26. The van der Waals surface area contributed by atoms with Crippen molar-refractivity contribution in [2.24, 2.45) is 5.92 Å². The van der Waals surface area contributed by atoms with E-state index in [2.05, 4.69) is 27.3 Å². The number of halogens is 2. The zero-order valence-corrected chi connectivity index (χ0v) is 19.0. The maximum atomic E-state index is 13.1. The van der Waals surface area contributed by atoms with Gasteiger partial charge in [-0.2, -0.15) is 0 Å². The van der Waals surface area contributed by atoms with Crippen LogP contribution in [0.4, 0.5) is 8.78 Å². The van der Waals surface area contributed by atoms with Gasteiger partial charge in [-0.25, -0.2) is 13.8 Å². The van der Waals surface area contributed by atoms with Gasteiger partial charge in [-0.05, 0) is 47.7 Å². The van der Waals surface area contributed by atoms with Crippen molar-refractivity contribution in [3.05, 3.63) is 83.1 Å². The third kappa shape index (κ3) is 5.12. The van der Waals surface area contributed by atoms with E-state index in [-0.39, 0.29) is 30.7 Å². The fraction of sp³-hybridized carbons (Fsp3) is 0.385. The first kappa shape index (κ1) is 22.5. The van der Waals surface area contributed by atoms with E-state index >= 15 is 0 Å². The van der Waals surface area contributed by atoms with Crippen LogP contribution in [0, 0.1) is 5.92 Å². The number of hydrogen-bond donors (Lipinski definition) is 1. The fourth-order valence-corrected chi connectivity index (χ4v) is 4.31. The number of carbonyl (C=O) groups excluding carboxylic acids is 1. The molecule has 0 spiro atoms. The molecule has 2 heterocycles. The van der Waals surface area contributed by atoms with Gasteiger partial charge in [-0.1, -0.05) is 30.3 Å². The Bertz CT molecular complexity index is 1150. The van der Waals surface area contributed by atoms with E-state index in [9.17, 15) is 13.6 Å². The predicted molar refractivity (Wildman–Crippen MR) is 122 cm³/mol. The summed E-state index contributed by atoms with van der Waals surface area (Å²) in [5.74, 6) is -2.61. The summed E-state index contributed by atoms with van der Waals surface area (Å²) < 4.78 is 36.7. The van der Waals surface area contributed by atoms with E-state index in [0.29, 0.717) is 5.75 Å². The number of nitrogens with zero attached hydrogens (tertiary/aromatic N) is 2. The Morgan fingerprint density at radius 3 is 2.76 bits per heavy atom.